The second-order valence-corrected chi connectivity index (χ2v) is 4.14. The van der Waals surface area contributed by atoms with Crippen molar-refractivity contribution in [1.29, 1.82) is 0 Å². The van der Waals surface area contributed by atoms with Gasteiger partial charge >= 0.3 is 0 Å². The molecule has 15 heavy (non-hydrogen) atoms. The number of rotatable bonds is 2. The monoisotopic (exact) mass is 220 g/mol. The molecule has 0 radical (unpaired) electrons. The van der Waals surface area contributed by atoms with Crippen molar-refractivity contribution in [2.24, 2.45) is 0 Å². The predicted molar refractivity (Wildman–Crippen MR) is 59.9 cm³/mol. The molecule has 2 aromatic rings. The molecule has 1 heterocycles. The Morgan fingerprint density at radius 3 is 2.67 bits per heavy atom. The molecule has 3 nitrogen and oxygen atoms in total. The fourth-order valence-electron chi connectivity index (χ4n) is 1.40. The van der Waals surface area contributed by atoms with E-state index < -0.39 is 6.10 Å². The highest BCUT2D eigenvalue weighted by atomic mass is 32.1. The minimum absolute atomic E-state index is 0.614. The molecule has 0 aliphatic rings. The van der Waals surface area contributed by atoms with E-state index in [-0.39, 0.29) is 0 Å². The Bertz CT molecular complexity index is 454. The lowest BCUT2D eigenvalue weighted by Gasteiger charge is -2.09. The van der Waals surface area contributed by atoms with Gasteiger partial charge in [0.15, 0.2) is 0 Å². The summed E-state index contributed by atoms with van der Waals surface area (Å²) < 4.78 is 7.90. The summed E-state index contributed by atoms with van der Waals surface area (Å²) >= 11 is 1.11. The van der Waals surface area contributed by atoms with E-state index in [9.17, 15) is 5.11 Å². The predicted octanol–water partition coefficient (Wildman–Crippen LogP) is 2.24. The zero-order valence-corrected chi connectivity index (χ0v) is 9.45. The molecule has 0 bridgehead atoms. The lowest BCUT2D eigenvalue weighted by molar-refractivity contribution is 0.216. The number of aryl methyl sites for hydroxylation is 2. The molecular formula is C11H12N2OS. The Hall–Kier alpha value is -1.26. The standard InChI is InChI=1S/C11H12N2OS/c1-7-3-4-9(5-8(7)2)11(14)10-6-12-15-13-10/h3-6,11,14H,1-2H3. The summed E-state index contributed by atoms with van der Waals surface area (Å²) in [6, 6.07) is 5.92. The van der Waals surface area contributed by atoms with Gasteiger partial charge in [-0.05, 0) is 30.5 Å². The third-order valence-corrected chi connectivity index (χ3v) is 3.00. The largest absolute Gasteiger partial charge is 0.382 e. The van der Waals surface area contributed by atoms with E-state index in [4.69, 9.17) is 0 Å². The lowest BCUT2D eigenvalue weighted by atomic mass is 10.0. The third-order valence-electron chi connectivity index (χ3n) is 2.51. The fraction of sp³-hybridized carbons (Fsp3) is 0.273. The van der Waals surface area contributed by atoms with Gasteiger partial charge in [-0.3, -0.25) is 0 Å². The van der Waals surface area contributed by atoms with Crippen LogP contribution in [0.2, 0.25) is 0 Å². The van der Waals surface area contributed by atoms with Crippen LogP contribution in [0.1, 0.15) is 28.5 Å². The third kappa shape index (κ3) is 2.06. The van der Waals surface area contributed by atoms with E-state index in [1.165, 1.54) is 11.1 Å². The SMILES string of the molecule is Cc1ccc(C(O)c2cnsn2)cc1C. The van der Waals surface area contributed by atoms with E-state index in [1.54, 1.807) is 6.20 Å². The molecule has 4 heteroatoms. The molecule has 0 spiro atoms. The van der Waals surface area contributed by atoms with Crippen molar-refractivity contribution in [3.8, 4) is 0 Å². The smallest absolute Gasteiger partial charge is 0.124 e. The molecule has 1 atom stereocenters. The minimum Gasteiger partial charge on any atom is -0.382 e. The van der Waals surface area contributed by atoms with Gasteiger partial charge in [0.25, 0.3) is 0 Å². The average Bonchev–Trinajstić information content (AvgIpc) is 2.74. The zero-order chi connectivity index (χ0) is 10.8. The molecule has 2 rings (SSSR count). The first-order valence-corrected chi connectivity index (χ1v) is 5.44. The van der Waals surface area contributed by atoms with Crippen LogP contribution in [-0.2, 0) is 0 Å². The van der Waals surface area contributed by atoms with Crippen molar-refractivity contribution >= 4 is 11.7 Å². The molecule has 0 saturated heterocycles. The van der Waals surface area contributed by atoms with Crippen LogP contribution in [0.15, 0.2) is 24.4 Å². The van der Waals surface area contributed by atoms with Crippen molar-refractivity contribution in [2.75, 3.05) is 0 Å². The molecular weight excluding hydrogens is 208 g/mol. The second-order valence-electron chi connectivity index (χ2n) is 3.58. The summed E-state index contributed by atoms with van der Waals surface area (Å²) in [6.45, 7) is 4.08. The molecule has 1 unspecified atom stereocenters. The first kappa shape index (κ1) is 10.3. The van der Waals surface area contributed by atoms with Crippen LogP contribution < -0.4 is 0 Å². The van der Waals surface area contributed by atoms with E-state index in [0.717, 1.165) is 17.3 Å². The summed E-state index contributed by atoms with van der Waals surface area (Å²) in [6.07, 6.45) is 0.938. The van der Waals surface area contributed by atoms with E-state index >= 15 is 0 Å². The van der Waals surface area contributed by atoms with Crippen LogP contribution in [-0.4, -0.2) is 13.9 Å². The molecule has 1 N–H and O–H groups in total. The Morgan fingerprint density at radius 1 is 1.27 bits per heavy atom. The van der Waals surface area contributed by atoms with Gasteiger partial charge < -0.3 is 5.11 Å². The number of aromatic nitrogens is 2. The van der Waals surface area contributed by atoms with Crippen molar-refractivity contribution < 1.29 is 5.11 Å². The number of aliphatic hydroxyl groups is 1. The first-order chi connectivity index (χ1) is 7.18. The van der Waals surface area contributed by atoms with Crippen LogP contribution >= 0.6 is 11.7 Å². The molecule has 0 aliphatic heterocycles. The van der Waals surface area contributed by atoms with Gasteiger partial charge in [-0.2, -0.15) is 8.75 Å². The quantitative estimate of drug-likeness (QED) is 0.844. The maximum absolute atomic E-state index is 10.0. The summed E-state index contributed by atoms with van der Waals surface area (Å²) in [5.74, 6) is 0. The van der Waals surface area contributed by atoms with Gasteiger partial charge in [-0.15, -0.1) is 0 Å². The Balaban J connectivity index is 2.34. The first-order valence-electron chi connectivity index (χ1n) is 4.71. The zero-order valence-electron chi connectivity index (χ0n) is 8.64. The van der Waals surface area contributed by atoms with E-state index in [0.29, 0.717) is 5.69 Å². The van der Waals surface area contributed by atoms with Crippen LogP contribution in [0.25, 0.3) is 0 Å². The molecule has 0 amide bonds. The van der Waals surface area contributed by atoms with Crippen LogP contribution in [0.4, 0.5) is 0 Å². The van der Waals surface area contributed by atoms with Gasteiger partial charge in [0.1, 0.15) is 11.8 Å². The van der Waals surface area contributed by atoms with Crippen LogP contribution in [0, 0.1) is 13.8 Å². The van der Waals surface area contributed by atoms with Gasteiger partial charge in [0, 0.05) is 0 Å². The van der Waals surface area contributed by atoms with Gasteiger partial charge in [0.05, 0.1) is 17.9 Å². The molecule has 78 valence electrons. The maximum atomic E-state index is 10.0. The molecule has 0 fully saturated rings. The number of hydrogen-bond acceptors (Lipinski definition) is 4. The highest BCUT2D eigenvalue weighted by molar-refractivity contribution is 6.99. The van der Waals surface area contributed by atoms with Crippen molar-refractivity contribution in [3.63, 3.8) is 0 Å². The van der Waals surface area contributed by atoms with E-state index in [2.05, 4.69) is 15.7 Å². The highest BCUT2D eigenvalue weighted by Gasteiger charge is 2.13. The summed E-state index contributed by atoms with van der Waals surface area (Å²) in [7, 11) is 0. The summed E-state index contributed by atoms with van der Waals surface area (Å²) in [4.78, 5) is 0. The number of hydrogen-bond donors (Lipinski definition) is 1. The van der Waals surface area contributed by atoms with Gasteiger partial charge in [-0.25, -0.2) is 0 Å². The molecule has 0 saturated carbocycles. The number of aliphatic hydroxyl groups excluding tert-OH is 1. The Kier molecular flexibility index (Phi) is 2.79. The molecule has 1 aromatic heterocycles. The highest BCUT2D eigenvalue weighted by Crippen LogP contribution is 2.22. The number of nitrogens with zero attached hydrogens (tertiary/aromatic N) is 2. The average molecular weight is 220 g/mol. The normalized spacial score (nSPS) is 12.7. The van der Waals surface area contributed by atoms with E-state index in [1.807, 2.05) is 25.1 Å². The Morgan fingerprint density at radius 2 is 2.07 bits per heavy atom. The maximum Gasteiger partial charge on any atom is 0.124 e. The second kappa shape index (κ2) is 4.08. The van der Waals surface area contributed by atoms with Gasteiger partial charge in [0.2, 0.25) is 0 Å². The summed E-state index contributed by atoms with van der Waals surface area (Å²) in [5, 5.41) is 10.0. The van der Waals surface area contributed by atoms with Gasteiger partial charge in [-0.1, -0.05) is 18.2 Å². The molecule has 0 aliphatic carbocycles. The topological polar surface area (TPSA) is 46.0 Å². The van der Waals surface area contributed by atoms with Crippen molar-refractivity contribution in [1.82, 2.24) is 8.75 Å². The Labute approximate surface area is 92.7 Å². The van der Waals surface area contributed by atoms with Crippen molar-refractivity contribution in [2.45, 2.75) is 20.0 Å². The molecule has 1 aromatic carbocycles. The summed E-state index contributed by atoms with van der Waals surface area (Å²) in [5.41, 5.74) is 3.88. The number of benzene rings is 1. The lowest BCUT2D eigenvalue weighted by Crippen LogP contribution is -2.00. The van der Waals surface area contributed by atoms with Crippen molar-refractivity contribution in [3.05, 3.63) is 46.8 Å². The minimum atomic E-state index is -0.664. The van der Waals surface area contributed by atoms with Crippen LogP contribution in [0.3, 0.4) is 0 Å². The fourth-order valence-corrected chi connectivity index (χ4v) is 1.84. The van der Waals surface area contributed by atoms with Crippen LogP contribution in [0.5, 0.6) is 0 Å².